The van der Waals surface area contributed by atoms with Gasteiger partial charge in [-0.3, -0.25) is 9.67 Å². The molecule has 3 aromatic rings. The smallest absolute Gasteiger partial charge is 0.410 e. The fourth-order valence-electron chi connectivity index (χ4n) is 4.19. The minimum Gasteiger partial charge on any atom is -0.495 e. The Hall–Kier alpha value is -3.60. The first-order valence-corrected chi connectivity index (χ1v) is 13.1. The molecule has 1 aliphatic rings. The maximum Gasteiger partial charge on any atom is 0.410 e. The molecule has 0 saturated heterocycles. The van der Waals surface area contributed by atoms with Crippen molar-refractivity contribution in [3.05, 3.63) is 34.7 Å². The monoisotopic (exact) mass is 542 g/mol. The molecule has 204 valence electrons. The maximum absolute atomic E-state index is 12.4. The van der Waals surface area contributed by atoms with Crippen LogP contribution in [0.4, 0.5) is 16.6 Å². The summed E-state index contributed by atoms with van der Waals surface area (Å²) >= 11 is 6.42. The molecule has 0 saturated carbocycles. The number of nitrogen functional groups attached to an aromatic ring is 1. The highest BCUT2D eigenvalue weighted by molar-refractivity contribution is 6.34. The Morgan fingerprint density at radius 3 is 2.74 bits per heavy atom. The number of amides is 1. The van der Waals surface area contributed by atoms with Gasteiger partial charge in [-0.15, -0.1) is 0 Å². The first-order valence-electron chi connectivity index (χ1n) is 12.7. The number of pyridine rings is 1. The average molecular weight is 543 g/mol. The second-order valence-corrected chi connectivity index (χ2v) is 10.5. The molecule has 0 atom stereocenters. The zero-order valence-electron chi connectivity index (χ0n) is 22.5. The van der Waals surface area contributed by atoms with Crippen molar-refractivity contribution in [1.82, 2.24) is 29.6 Å². The second-order valence-electron chi connectivity index (χ2n) is 10.1. The van der Waals surface area contributed by atoms with E-state index in [4.69, 9.17) is 31.8 Å². The van der Waals surface area contributed by atoms with Gasteiger partial charge in [0.25, 0.3) is 0 Å². The van der Waals surface area contributed by atoms with Gasteiger partial charge in [0.2, 0.25) is 5.95 Å². The lowest BCUT2D eigenvalue weighted by Gasteiger charge is -2.29. The molecule has 0 bridgehead atoms. The summed E-state index contributed by atoms with van der Waals surface area (Å²) in [5.41, 5.74) is 9.26. The lowest BCUT2D eigenvalue weighted by atomic mass is 10.0. The number of nitrogens with zero attached hydrogens (tertiary/aromatic N) is 6. The number of methoxy groups -OCH3 is 1. The van der Waals surface area contributed by atoms with E-state index in [9.17, 15) is 4.79 Å². The van der Waals surface area contributed by atoms with Crippen LogP contribution < -0.4 is 15.8 Å². The van der Waals surface area contributed by atoms with Crippen molar-refractivity contribution < 1.29 is 14.3 Å². The number of carbonyl (C=O) groups excluding carboxylic acids is 1. The predicted molar refractivity (Wildman–Crippen MR) is 148 cm³/mol. The molecule has 12 heteroatoms. The van der Waals surface area contributed by atoms with E-state index in [-0.39, 0.29) is 17.2 Å². The van der Waals surface area contributed by atoms with Crippen molar-refractivity contribution in [2.24, 2.45) is 0 Å². The van der Waals surface area contributed by atoms with Gasteiger partial charge in [0, 0.05) is 25.8 Å². The van der Waals surface area contributed by atoms with Gasteiger partial charge in [0.1, 0.15) is 28.1 Å². The largest absolute Gasteiger partial charge is 0.495 e. The molecule has 0 aromatic carbocycles. The van der Waals surface area contributed by atoms with E-state index in [2.05, 4.69) is 27.3 Å². The van der Waals surface area contributed by atoms with E-state index in [1.54, 1.807) is 16.7 Å². The van der Waals surface area contributed by atoms with Crippen molar-refractivity contribution >= 4 is 46.1 Å². The van der Waals surface area contributed by atoms with Gasteiger partial charge < -0.3 is 25.4 Å². The highest BCUT2D eigenvalue weighted by atomic mass is 35.5. The number of hydrogen-bond acceptors (Lipinski definition) is 9. The minimum atomic E-state index is -0.524. The number of nitrogens with two attached hydrogens (primary N) is 1. The summed E-state index contributed by atoms with van der Waals surface area (Å²) in [6.07, 6.45) is 6.25. The number of fused-ring (bicyclic) bond motifs is 1. The number of aromatic nitrogens is 5. The molecule has 3 N–H and O–H groups in total. The molecular formula is C26H35ClN8O3. The fourth-order valence-corrected chi connectivity index (χ4v) is 4.42. The van der Waals surface area contributed by atoms with E-state index in [0.717, 1.165) is 30.5 Å². The SMILES string of the molecule is CCCCNc1nc(N)nc2c(Cl)nn(Cc3ncc(C4=CCN(C(=O)OC(C)(C)C)CC4)cc3OC)c12. The number of ether oxygens (including phenoxy) is 2. The van der Waals surface area contributed by atoms with E-state index in [1.165, 1.54) is 0 Å². The van der Waals surface area contributed by atoms with Crippen LogP contribution in [0.25, 0.3) is 16.6 Å². The van der Waals surface area contributed by atoms with Crippen LogP contribution in [0.5, 0.6) is 5.75 Å². The molecule has 0 aliphatic carbocycles. The first-order chi connectivity index (χ1) is 18.1. The fraction of sp³-hybridized carbons (Fsp3) is 0.500. The Labute approximate surface area is 227 Å². The number of hydrogen-bond donors (Lipinski definition) is 2. The first kappa shape index (κ1) is 27.4. The van der Waals surface area contributed by atoms with Gasteiger partial charge in [-0.1, -0.05) is 31.0 Å². The third kappa shape index (κ3) is 6.27. The van der Waals surface area contributed by atoms with Gasteiger partial charge in [0.05, 0.1) is 13.7 Å². The van der Waals surface area contributed by atoms with E-state index >= 15 is 0 Å². The minimum absolute atomic E-state index is 0.129. The van der Waals surface area contributed by atoms with Crippen molar-refractivity contribution in [2.45, 2.75) is 59.1 Å². The lowest BCUT2D eigenvalue weighted by molar-refractivity contribution is 0.0270. The number of anilines is 2. The van der Waals surface area contributed by atoms with Gasteiger partial charge in [-0.2, -0.15) is 10.1 Å². The Balaban J connectivity index is 1.57. The molecule has 38 heavy (non-hydrogen) atoms. The quantitative estimate of drug-likeness (QED) is 0.387. The molecule has 0 unspecified atom stereocenters. The van der Waals surface area contributed by atoms with E-state index < -0.39 is 5.60 Å². The Kier molecular flexibility index (Phi) is 8.25. The second kappa shape index (κ2) is 11.4. The molecule has 3 aromatic heterocycles. The van der Waals surface area contributed by atoms with Crippen LogP contribution in [0, 0.1) is 0 Å². The molecule has 4 rings (SSSR count). The average Bonchev–Trinajstić information content (AvgIpc) is 3.18. The summed E-state index contributed by atoms with van der Waals surface area (Å²) in [6, 6.07) is 1.96. The molecule has 0 radical (unpaired) electrons. The van der Waals surface area contributed by atoms with Gasteiger partial charge in [0.15, 0.2) is 11.0 Å². The van der Waals surface area contributed by atoms with Crippen molar-refractivity contribution in [3.8, 4) is 5.75 Å². The Bertz CT molecular complexity index is 1350. The number of rotatable bonds is 8. The van der Waals surface area contributed by atoms with Crippen LogP contribution in [0.15, 0.2) is 18.3 Å². The summed E-state index contributed by atoms with van der Waals surface area (Å²) in [7, 11) is 1.61. The van der Waals surface area contributed by atoms with Crippen molar-refractivity contribution in [1.29, 1.82) is 0 Å². The van der Waals surface area contributed by atoms with Crippen LogP contribution in [-0.4, -0.2) is 68.1 Å². The summed E-state index contributed by atoms with van der Waals surface area (Å²) in [4.78, 5) is 27.5. The predicted octanol–water partition coefficient (Wildman–Crippen LogP) is 4.75. The van der Waals surface area contributed by atoms with Crippen LogP contribution >= 0.6 is 11.6 Å². The molecule has 11 nitrogen and oxygen atoms in total. The standard InChI is InChI=1S/C26H35ClN8O3/c1-6-7-10-29-23-21-20(31-24(28)32-23)22(27)33-35(21)15-18-19(37-5)13-17(14-30-18)16-8-11-34(12-9-16)25(36)38-26(2,3)4/h8,13-14H,6-7,9-12,15H2,1-5H3,(H3,28,29,31,32). The van der Waals surface area contributed by atoms with Crippen LogP contribution in [0.3, 0.4) is 0 Å². The summed E-state index contributed by atoms with van der Waals surface area (Å²) in [5, 5.41) is 8.05. The Morgan fingerprint density at radius 1 is 1.29 bits per heavy atom. The maximum atomic E-state index is 12.4. The molecule has 0 spiro atoms. The van der Waals surface area contributed by atoms with Crippen LogP contribution in [0.1, 0.15) is 58.2 Å². The highest BCUT2D eigenvalue weighted by Gasteiger charge is 2.25. The lowest BCUT2D eigenvalue weighted by Crippen LogP contribution is -2.39. The highest BCUT2D eigenvalue weighted by Crippen LogP contribution is 2.31. The number of halogens is 1. The molecule has 0 fully saturated rings. The van der Waals surface area contributed by atoms with Crippen molar-refractivity contribution in [3.63, 3.8) is 0 Å². The summed E-state index contributed by atoms with van der Waals surface area (Å²) < 4.78 is 12.9. The van der Waals surface area contributed by atoms with E-state index in [0.29, 0.717) is 54.3 Å². The normalized spacial score (nSPS) is 13.9. The van der Waals surface area contributed by atoms with E-state index in [1.807, 2.05) is 39.1 Å². The zero-order valence-corrected chi connectivity index (χ0v) is 23.3. The number of carbonyl (C=O) groups is 1. The summed E-state index contributed by atoms with van der Waals surface area (Å²) in [6.45, 7) is 9.79. The van der Waals surface area contributed by atoms with Crippen LogP contribution in [-0.2, 0) is 11.3 Å². The number of nitrogens with one attached hydrogen (secondary N) is 1. The van der Waals surface area contributed by atoms with Gasteiger partial charge in [-0.25, -0.2) is 9.78 Å². The molecular weight excluding hydrogens is 508 g/mol. The third-order valence-corrected chi connectivity index (χ3v) is 6.32. The number of unbranched alkanes of at least 4 members (excludes halogenated alkanes) is 1. The third-order valence-electron chi connectivity index (χ3n) is 6.07. The van der Waals surface area contributed by atoms with Gasteiger partial charge in [-0.05, 0) is 50.8 Å². The molecule has 1 amide bonds. The summed E-state index contributed by atoms with van der Waals surface area (Å²) in [5.74, 6) is 1.33. The molecule has 4 heterocycles. The van der Waals surface area contributed by atoms with Crippen molar-refractivity contribution in [2.75, 3.05) is 37.8 Å². The van der Waals surface area contributed by atoms with Gasteiger partial charge >= 0.3 is 6.09 Å². The topological polar surface area (TPSA) is 133 Å². The zero-order chi connectivity index (χ0) is 27.4. The molecule has 1 aliphatic heterocycles. The van der Waals surface area contributed by atoms with Crippen LogP contribution in [0.2, 0.25) is 5.15 Å². The Morgan fingerprint density at radius 2 is 2.08 bits per heavy atom.